The molecule has 2 unspecified atom stereocenters. The molecule has 0 aliphatic carbocycles. The quantitative estimate of drug-likeness (QED) is 0.727. The highest BCUT2D eigenvalue weighted by Crippen LogP contribution is 2.26. The van der Waals surface area contributed by atoms with Gasteiger partial charge in [-0.25, -0.2) is 0 Å². The molecule has 2 aliphatic heterocycles. The number of morpholine rings is 1. The number of amides is 1. The second-order valence-corrected chi connectivity index (χ2v) is 7.90. The maximum atomic E-state index is 12.5. The van der Waals surface area contributed by atoms with Crippen LogP contribution in [0.1, 0.15) is 25.3 Å². The summed E-state index contributed by atoms with van der Waals surface area (Å²) in [6, 6.07) is 4.14. The summed E-state index contributed by atoms with van der Waals surface area (Å²) in [7, 11) is 0. The molecule has 2 saturated heterocycles. The third-order valence-corrected chi connectivity index (χ3v) is 6.04. The van der Waals surface area contributed by atoms with E-state index in [1.807, 2.05) is 22.4 Å². The lowest BCUT2D eigenvalue weighted by atomic mass is 10.1. The molecule has 0 bridgehead atoms. The predicted octanol–water partition coefficient (Wildman–Crippen LogP) is 2.23. The van der Waals surface area contributed by atoms with E-state index in [0.29, 0.717) is 24.7 Å². The number of nitrogens with one attached hydrogen (secondary N) is 1. The number of aromatic nitrogens is 2. The molecule has 2 aromatic rings. The molecule has 1 N–H and O–H groups in total. The summed E-state index contributed by atoms with van der Waals surface area (Å²) >= 11 is 1.60. The molecule has 1 amide bonds. The Kier molecular flexibility index (Phi) is 9.32. The van der Waals surface area contributed by atoms with Gasteiger partial charge < -0.3 is 19.5 Å². The number of ether oxygens (including phenoxy) is 1. The van der Waals surface area contributed by atoms with E-state index in [9.17, 15) is 4.79 Å². The molecule has 0 spiro atoms. The number of hydrogen-bond donors (Lipinski definition) is 1. The number of hydrogen-bond acceptors (Lipinski definition) is 8. The van der Waals surface area contributed by atoms with E-state index in [0.717, 1.165) is 44.2 Å². The van der Waals surface area contributed by atoms with Gasteiger partial charge in [0.2, 0.25) is 17.6 Å². The van der Waals surface area contributed by atoms with Gasteiger partial charge in [0.1, 0.15) is 0 Å². The van der Waals surface area contributed by atoms with Crippen LogP contribution in [-0.4, -0.2) is 77.8 Å². The normalized spacial score (nSPS) is 21.1. The van der Waals surface area contributed by atoms with Crippen LogP contribution in [-0.2, 0) is 9.53 Å². The van der Waals surface area contributed by atoms with Crippen molar-refractivity contribution in [1.82, 2.24) is 25.3 Å². The number of rotatable bonds is 5. The maximum Gasteiger partial charge on any atom is 0.244 e. The number of halogens is 2. The van der Waals surface area contributed by atoms with Crippen LogP contribution in [0.3, 0.4) is 0 Å². The van der Waals surface area contributed by atoms with Crippen LogP contribution < -0.4 is 5.32 Å². The lowest BCUT2D eigenvalue weighted by Crippen LogP contribution is -2.51. The second-order valence-electron chi connectivity index (χ2n) is 6.96. The fourth-order valence-corrected chi connectivity index (χ4v) is 4.17. The summed E-state index contributed by atoms with van der Waals surface area (Å²) in [6.45, 7) is 7.30. The number of nitrogens with zero attached hydrogens (tertiary/aromatic N) is 4. The molecule has 29 heavy (non-hydrogen) atoms. The lowest BCUT2D eigenvalue weighted by molar-refractivity contribution is -0.134. The first-order valence-corrected chi connectivity index (χ1v) is 10.3. The van der Waals surface area contributed by atoms with Gasteiger partial charge in [-0.15, -0.1) is 36.2 Å². The first kappa shape index (κ1) is 24.0. The molecule has 4 heterocycles. The number of thiophene rings is 1. The van der Waals surface area contributed by atoms with Crippen molar-refractivity contribution in [3.05, 3.63) is 23.4 Å². The molecule has 2 atom stereocenters. The van der Waals surface area contributed by atoms with Crippen molar-refractivity contribution in [2.45, 2.75) is 25.4 Å². The van der Waals surface area contributed by atoms with Crippen LogP contribution in [0.2, 0.25) is 0 Å². The van der Waals surface area contributed by atoms with E-state index in [1.165, 1.54) is 0 Å². The molecule has 8 nitrogen and oxygen atoms in total. The molecule has 4 rings (SSSR count). The van der Waals surface area contributed by atoms with Crippen molar-refractivity contribution in [2.24, 2.45) is 0 Å². The highest BCUT2D eigenvalue weighted by atomic mass is 35.5. The molecular weight excluding hydrogens is 437 g/mol. The van der Waals surface area contributed by atoms with Crippen molar-refractivity contribution >= 4 is 42.1 Å². The fraction of sp³-hybridized carbons (Fsp3) is 0.611. The smallest absolute Gasteiger partial charge is 0.244 e. The Hall–Kier alpha value is -1.23. The molecule has 11 heteroatoms. The molecule has 0 radical (unpaired) electrons. The molecule has 2 aliphatic rings. The predicted molar refractivity (Wildman–Crippen MR) is 116 cm³/mol. The number of carbonyl (C=O) groups excluding carboxylic acids is 1. The summed E-state index contributed by atoms with van der Waals surface area (Å²) < 4.78 is 10.9. The minimum absolute atomic E-state index is 0. The zero-order valence-electron chi connectivity index (χ0n) is 16.3. The topological polar surface area (TPSA) is 83.7 Å². The zero-order chi connectivity index (χ0) is 18.6. The average molecular weight is 464 g/mol. The van der Waals surface area contributed by atoms with Gasteiger partial charge in [-0.2, -0.15) is 4.98 Å². The van der Waals surface area contributed by atoms with Crippen LogP contribution in [0.5, 0.6) is 0 Å². The molecular formula is C18H27Cl2N5O3S. The zero-order valence-corrected chi connectivity index (χ0v) is 18.7. The Morgan fingerprint density at radius 3 is 2.79 bits per heavy atom. The van der Waals surface area contributed by atoms with Gasteiger partial charge >= 0.3 is 0 Å². The van der Waals surface area contributed by atoms with Crippen LogP contribution in [0.25, 0.3) is 10.7 Å². The van der Waals surface area contributed by atoms with Crippen molar-refractivity contribution in [3.8, 4) is 10.7 Å². The Morgan fingerprint density at radius 1 is 1.34 bits per heavy atom. The van der Waals surface area contributed by atoms with E-state index < -0.39 is 0 Å². The monoisotopic (exact) mass is 463 g/mol. The second kappa shape index (κ2) is 11.2. The SMILES string of the molecule is CC(c1nc(-c2cccs2)no1)N1CCN(C(=O)CC2COCCN2)CC1.Cl.Cl. The minimum atomic E-state index is 0. The minimum Gasteiger partial charge on any atom is -0.378 e. The molecule has 0 saturated carbocycles. The van der Waals surface area contributed by atoms with E-state index in [4.69, 9.17) is 9.26 Å². The lowest BCUT2D eigenvalue weighted by Gasteiger charge is -2.37. The standard InChI is InChI=1S/C18H25N5O3S.2ClH/c1-13(18-20-17(21-26-18)15-3-2-10-27-15)22-5-7-23(8-6-22)16(24)11-14-12-25-9-4-19-14;;/h2-3,10,13-14,19H,4-9,11-12H2,1H3;2*1H. The third-order valence-electron chi connectivity index (χ3n) is 5.17. The van der Waals surface area contributed by atoms with E-state index in [-0.39, 0.29) is 42.8 Å². The highest BCUT2D eigenvalue weighted by Gasteiger charge is 2.29. The van der Waals surface area contributed by atoms with Gasteiger partial charge in [0.15, 0.2) is 0 Å². The van der Waals surface area contributed by atoms with Gasteiger partial charge in [-0.05, 0) is 18.4 Å². The first-order chi connectivity index (χ1) is 13.2. The highest BCUT2D eigenvalue weighted by molar-refractivity contribution is 7.13. The number of carbonyl (C=O) groups is 1. The summed E-state index contributed by atoms with van der Waals surface area (Å²) in [5.41, 5.74) is 0. The summed E-state index contributed by atoms with van der Waals surface area (Å²) in [4.78, 5) is 22.3. The van der Waals surface area contributed by atoms with Gasteiger partial charge in [0, 0.05) is 45.2 Å². The van der Waals surface area contributed by atoms with Gasteiger partial charge in [0.25, 0.3) is 0 Å². The Balaban J connectivity index is 0.00000150. The number of piperazine rings is 1. The Bertz CT molecular complexity index is 747. The van der Waals surface area contributed by atoms with Crippen molar-refractivity contribution in [1.29, 1.82) is 0 Å². The van der Waals surface area contributed by atoms with Gasteiger partial charge in [-0.3, -0.25) is 9.69 Å². The van der Waals surface area contributed by atoms with Crippen LogP contribution in [0.4, 0.5) is 0 Å². The maximum absolute atomic E-state index is 12.5. The van der Waals surface area contributed by atoms with Crippen molar-refractivity contribution in [3.63, 3.8) is 0 Å². The van der Waals surface area contributed by atoms with E-state index in [2.05, 4.69) is 27.3 Å². The van der Waals surface area contributed by atoms with Crippen molar-refractivity contribution in [2.75, 3.05) is 45.9 Å². The summed E-state index contributed by atoms with van der Waals surface area (Å²) in [6.07, 6.45) is 0.503. The van der Waals surface area contributed by atoms with E-state index >= 15 is 0 Å². The Morgan fingerprint density at radius 2 is 2.14 bits per heavy atom. The molecule has 2 fully saturated rings. The largest absolute Gasteiger partial charge is 0.378 e. The van der Waals surface area contributed by atoms with E-state index in [1.54, 1.807) is 11.3 Å². The third kappa shape index (κ3) is 5.90. The molecule has 2 aromatic heterocycles. The van der Waals surface area contributed by atoms with Crippen LogP contribution in [0.15, 0.2) is 22.0 Å². The van der Waals surface area contributed by atoms with Crippen LogP contribution >= 0.6 is 36.2 Å². The van der Waals surface area contributed by atoms with Gasteiger partial charge in [-0.1, -0.05) is 11.2 Å². The first-order valence-electron chi connectivity index (χ1n) is 9.41. The Labute approximate surface area is 186 Å². The van der Waals surface area contributed by atoms with Gasteiger partial charge in [0.05, 0.1) is 24.1 Å². The summed E-state index contributed by atoms with van der Waals surface area (Å²) in [5, 5.41) is 9.44. The molecule has 162 valence electrons. The summed E-state index contributed by atoms with van der Waals surface area (Å²) in [5.74, 6) is 1.47. The van der Waals surface area contributed by atoms with Crippen molar-refractivity contribution < 1.29 is 14.1 Å². The average Bonchev–Trinajstić information content (AvgIpc) is 3.40. The fourth-order valence-electron chi connectivity index (χ4n) is 3.52. The molecule has 0 aromatic carbocycles. The van der Waals surface area contributed by atoms with Crippen LogP contribution in [0, 0.1) is 0 Å².